The van der Waals surface area contributed by atoms with E-state index in [-0.39, 0.29) is 11.4 Å². The summed E-state index contributed by atoms with van der Waals surface area (Å²) in [6, 6.07) is 4.28. The smallest absolute Gasteiger partial charge is 0.265 e. The van der Waals surface area contributed by atoms with Crippen LogP contribution in [0.5, 0.6) is 0 Å². The van der Waals surface area contributed by atoms with Crippen molar-refractivity contribution in [3.05, 3.63) is 45.4 Å². The molecular formula is C14H15FN2O2S2. The third-order valence-electron chi connectivity index (χ3n) is 3.62. The number of anilines is 1. The normalized spacial score (nSPS) is 14.5. The molecular weight excluding hydrogens is 311 g/mol. The monoisotopic (exact) mass is 326 g/mol. The number of fused-ring (bicyclic) bond motifs is 1. The fourth-order valence-corrected chi connectivity index (χ4v) is 5.81. The van der Waals surface area contributed by atoms with Crippen LogP contribution in [0.1, 0.15) is 16.0 Å². The number of benzene rings is 1. The van der Waals surface area contributed by atoms with E-state index in [2.05, 4.69) is 0 Å². The summed E-state index contributed by atoms with van der Waals surface area (Å²) in [6.07, 6.45) is 0.593. The molecule has 0 spiro atoms. The summed E-state index contributed by atoms with van der Waals surface area (Å²) in [6.45, 7) is 2.27. The number of nitrogens with two attached hydrogens (primary N) is 1. The summed E-state index contributed by atoms with van der Waals surface area (Å²) in [5.74, 6) is -0.433. The topological polar surface area (TPSA) is 63.4 Å². The highest BCUT2D eigenvalue weighted by atomic mass is 32.2. The quantitative estimate of drug-likeness (QED) is 0.942. The maximum atomic E-state index is 13.5. The van der Waals surface area contributed by atoms with Gasteiger partial charge in [-0.25, -0.2) is 12.8 Å². The van der Waals surface area contributed by atoms with Gasteiger partial charge in [0, 0.05) is 18.0 Å². The molecule has 0 unspecified atom stereocenters. The van der Waals surface area contributed by atoms with Crippen LogP contribution < -0.4 is 10.0 Å². The van der Waals surface area contributed by atoms with Crippen LogP contribution in [0.15, 0.2) is 28.5 Å². The number of aryl methyl sites for hydroxylation is 1. The van der Waals surface area contributed by atoms with Gasteiger partial charge in [0.15, 0.2) is 0 Å². The van der Waals surface area contributed by atoms with Crippen molar-refractivity contribution in [3.63, 3.8) is 0 Å². The Labute approximate surface area is 127 Å². The van der Waals surface area contributed by atoms with Crippen molar-refractivity contribution < 1.29 is 12.8 Å². The highest BCUT2D eigenvalue weighted by Gasteiger charge is 2.34. The molecule has 2 heterocycles. The number of halogens is 1. The van der Waals surface area contributed by atoms with E-state index in [1.807, 2.05) is 0 Å². The molecule has 0 saturated heterocycles. The molecule has 1 aliphatic rings. The molecule has 7 heteroatoms. The summed E-state index contributed by atoms with van der Waals surface area (Å²) in [7, 11) is -3.70. The fraction of sp³-hybridized carbons (Fsp3) is 0.286. The number of thiophene rings is 1. The Hall–Kier alpha value is -1.44. The zero-order chi connectivity index (χ0) is 15.2. The van der Waals surface area contributed by atoms with Gasteiger partial charge in [-0.15, -0.1) is 11.3 Å². The molecule has 1 aromatic heterocycles. The predicted molar refractivity (Wildman–Crippen MR) is 81.6 cm³/mol. The first-order valence-corrected chi connectivity index (χ1v) is 8.85. The van der Waals surface area contributed by atoms with Gasteiger partial charge in [-0.3, -0.25) is 4.31 Å². The molecule has 0 saturated carbocycles. The van der Waals surface area contributed by atoms with E-state index in [9.17, 15) is 12.8 Å². The van der Waals surface area contributed by atoms with Crippen LogP contribution in [0.25, 0.3) is 0 Å². The van der Waals surface area contributed by atoms with E-state index in [0.29, 0.717) is 29.1 Å². The van der Waals surface area contributed by atoms with Gasteiger partial charge in [-0.2, -0.15) is 0 Å². The molecule has 1 aromatic carbocycles. The molecule has 0 radical (unpaired) electrons. The summed E-state index contributed by atoms with van der Waals surface area (Å²) in [4.78, 5) is 0.907. The first-order valence-electron chi connectivity index (χ1n) is 6.53. The Balaban J connectivity index is 2.13. The van der Waals surface area contributed by atoms with Crippen LogP contribution in [0.2, 0.25) is 0 Å². The number of sulfonamides is 1. The lowest BCUT2D eigenvalue weighted by atomic mass is 10.2. The van der Waals surface area contributed by atoms with E-state index in [1.54, 1.807) is 18.4 Å². The van der Waals surface area contributed by atoms with Crippen LogP contribution in [0.4, 0.5) is 10.1 Å². The van der Waals surface area contributed by atoms with Gasteiger partial charge in [-0.1, -0.05) is 6.07 Å². The van der Waals surface area contributed by atoms with Crippen LogP contribution >= 0.6 is 11.3 Å². The third kappa shape index (κ3) is 2.25. The molecule has 0 amide bonds. The van der Waals surface area contributed by atoms with Gasteiger partial charge >= 0.3 is 0 Å². The van der Waals surface area contributed by atoms with Crippen LogP contribution in [-0.4, -0.2) is 15.0 Å². The summed E-state index contributed by atoms with van der Waals surface area (Å²) >= 11 is 1.34. The second kappa shape index (κ2) is 5.08. The minimum atomic E-state index is -3.70. The second-order valence-electron chi connectivity index (χ2n) is 4.98. The van der Waals surface area contributed by atoms with Crippen molar-refractivity contribution in [1.29, 1.82) is 0 Å². The largest absolute Gasteiger partial charge is 0.326 e. The predicted octanol–water partition coefficient (Wildman–Crippen LogP) is 2.41. The van der Waals surface area contributed by atoms with Crippen LogP contribution in [0, 0.1) is 12.7 Å². The molecule has 0 fully saturated rings. The lowest BCUT2D eigenvalue weighted by Gasteiger charge is -2.20. The van der Waals surface area contributed by atoms with E-state index < -0.39 is 15.8 Å². The Morgan fingerprint density at radius 2 is 2.19 bits per heavy atom. The van der Waals surface area contributed by atoms with E-state index in [4.69, 9.17) is 5.73 Å². The van der Waals surface area contributed by atoms with E-state index in [1.165, 1.54) is 27.8 Å². The lowest BCUT2D eigenvalue weighted by molar-refractivity contribution is 0.591. The number of hydrogen-bond acceptors (Lipinski definition) is 4. The van der Waals surface area contributed by atoms with Gasteiger partial charge < -0.3 is 5.73 Å². The first-order chi connectivity index (χ1) is 9.95. The summed E-state index contributed by atoms with van der Waals surface area (Å²) < 4.78 is 40.6. The van der Waals surface area contributed by atoms with Crippen molar-refractivity contribution in [3.8, 4) is 0 Å². The van der Waals surface area contributed by atoms with Crippen molar-refractivity contribution in [2.24, 2.45) is 5.73 Å². The van der Waals surface area contributed by atoms with Gasteiger partial charge in [0.1, 0.15) is 10.7 Å². The van der Waals surface area contributed by atoms with E-state index >= 15 is 0 Å². The molecule has 0 aliphatic carbocycles. The number of hydrogen-bond donors (Lipinski definition) is 1. The third-order valence-corrected chi connectivity index (χ3v) is 6.92. The number of nitrogens with zero attached hydrogens (tertiary/aromatic N) is 1. The van der Waals surface area contributed by atoms with Gasteiger partial charge in [0.25, 0.3) is 10.0 Å². The van der Waals surface area contributed by atoms with Gasteiger partial charge in [0.05, 0.1) is 5.69 Å². The summed E-state index contributed by atoms with van der Waals surface area (Å²) in [5.41, 5.74) is 7.61. The molecule has 2 aromatic rings. The second-order valence-corrected chi connectivity index (χ2v) is 7.74. The van der Waals surface area contributed by atoms with Crippen molar-refractivity contribution in [2.45, 2.75) is 24.8 Å². The van der Waals surface area contributed by atoms with Crippen LogP contribution in [0.3, 0.4) is 0 Å². The Bertz CT molecular complexity index is 799. The minimum absolute atomic E-state index is 0.177. The maximum Gasteiger partial charge on any atom is 0.265 e. The molecule has 1 aliphatic heterocycles. The van der Waals surface area contributed by atoms with Crippen molar-refractivity contribution in [2.75, 3.05) is 10.8 Å². The summed E-state index contributed by atoms with van der Waals surface area (Å²) in [5, 5.41) is 1.79. The molecule has 0 atom stereocenters. The Morgan fingerprint density at radius 1 is 1.43 bits per heavy atom. The highest BCUT2D eigenvalue weighted by molar-refractivity contribution is 7.93. The lowest BCUT2D eigenvalue weighted by Crippen LogP contribution is -2.30. The average molecular weight is 326 g/mol. The average Bonchev–Trinajstić information content (AvgIpc) is 3.01. The van der Waals surface area contributed by atoms with E-state index in [0.717, 1.165) is 5.56 Å². The van der Waals surface area contributed by atoms with Gasteiger partial charge in [0.2, 0.25) is 0 Å². The molecule has 4 nitrogen and oxygen atoms in total. The first kappa shape index (κ1) is 14.5. The maximum absolute atomic E-state index is 13.5. The minimum Gasteiger partial charge on any atom is -0.326 e. The van der Waals surface area contributed by atoms with Crippen molar-refractivity contribution in [1.82, 2.24) is 0 Å². The molecule has 0 bridgehead atoms. The van der Waals surface area contributed by atoms with Crippen LogP contribution in [-0.2, 0) is 23.0 Å². The molecule has 3 rings (SSSR count). The van der Waals surface area contributed by atoms with Crippen molar-refractivity contribution >= 4 is 27.0 Å². The number of rotatable bonds is 3. The zero-order valence-corrected chi connectivity index (χ0v) is 13.1. The fourth-order valence-electron chi connectivity index (χ4n) is 2.66. The Kier molecular flexibility index (Phi) is 3.51. The zero-order valence-electron chi connectivity index (χ0n) is 11.5. The standard InChI is InChI=1S/C14H15FN2O2S2/c1-9-8-20-13(7-16)14(9)21(18,19)17-5-4-10-2-3-11(15)6-12(10)17/h2-3,6,8H,4-5,7,16H2,1H3. The molecule has 21 heavy (non-hydrogen) atoms. The highest BCUT2D eigenvalue weighted by Crippen LogP contribution is 2.36. The Morgan fingerprint density at radius 3 is 2.90 bits per heavy atom. The molecule has 112 valence electrons. The SMILES string of the molecule is Cc1csc(CN)c1S(=O)(=O)N1CCc2ccc(F)cc21. The van der Waals surface area contributed by atoms with Gasteiger partial charge in [-0.05, 0) is 42.0 Å². The molecule has 2 N–H and O–H groups in total.